The standard InChI is InChI=1S/C19H18N2O4S/c1-20-17-4-2-3-5-18(17)26(24,25)21(19(20)23)12-13-6-8-14(9-7-13)15-10-16(22)11-15/h2-9,15H,10-12H2,1H3. The Hall–Kier alpha value is -2.67. The van der Waals surface area contributed by atoms with Gasteiger partial charge in [-0.2, -0.15) is 0 Å². The SMILES string of the molecule is CN1C(=O)N(Cc2ccc(C3CC(=O)C3)cc2)S(=O)(=O)c2ccccc21. The number of nitrogens with zero attached hydrogens (tertiary/aromatic N) is 2. The average Bonchev–Trinajstić information content (AvgIpc) is 2.62. The number of carbonyl (C=O) groups excluding carboxylic acids is 2. The highest BCUT2D eigenvalue weighted by Crippen LogP contribution is 2.35. The van der Waals surface area contributed by atoms with E-state index in [4.69, 9.17) is 0 Å². The van der Waals surface area contributed by atoms with Gasteiger partial charge in [0.25, 0.3) is 10.0 Å². The van der Waals surface area contributed by atoms with Gasteiger partial charge < -0.3 is 0 Å². The van der Waals surface area contributed by atoms with Gasteiger partial charge in [0.05, 0.1) is 12.2 Å². The molecule has 0 saturated heterocycles. The first-order valence-corrected chi connectivity index (χ1v) is 9.82. The minimum absolute atomic E-state index is 0.0241. The number of ketones is 1. The number of hydrogen-bond acceptors (Lipinski definition) is 4. The fraction of sp³-hybridized carbons (Fsp3) is 0.263. The van der Waals surface area contributed by atoms with Crippen LogP contribution in [0.25, 0.3) is 0 Å². The minimum Gasteiger partial charge on any atom is -0.300 e. The Balaban J connectivity index is 1.61. The molecule has 2 aliphatic rings. The molecule has 2 aromatic rings. The van der Waals surface area contributed by atoms with Crippen molar-refractivity contribution < 1.29 is 18.0 Å². The van der Waals surface area contributed by atoms with E-state index in [-0.39, 0.29) is 23.1 Å². The van der Waals surface area contributed by atoms with Crippen LogP contribution < -0.4 is 4.90 Å². The highest BCUT2D eigenvalue weighted by Gasteiger charge is 2.39. The van der Waals surface area contributed by atoms with E-state index in [1.807, 2.05) is 24.3 Å². The summed E-state index contributed by atoms with van der Waals surface area (Å²) in [7, 11) is -2.32. The molecule has 1 heterocycles. The van der Waals surface area contributed by atoms with E-state index < -0.39 is 16.1 Å². The van der Waals surface area contributed by atoms with Gasteiger partial charge in [-0.3, -0.25) is 9.69 Å². The van der Waals surface area contributed by atoms with Crippen molar-refractivity contribution in [3.63, 3.8) is 0 Å². The Morgan fingerprint density at radius 1 is 1.00 bits per heavy atom. The maximum atomic E-state index is 12.9. The number of hydrogen-bond donors (Lipinski definition) is 0. The molecule has 0 unspecified atom stereocenters. The highest BCUT2D eigenvalue weighted by atomic mass is 32.2. The summed E-state index contributed by atoms with van der Waals surface area (Å²) in [6, 6.07) is 13.4. The van der Waals surface area contributed by atoms with Crippen molar-refractivity contribution in [2.75, 3.05) is 11.9 Å². The number of rotatable bonds is 3. The molecule has 0 aromatic heterocycles. The zero-order valence-electron chi connectivity index (χ0n) is 14.3. The summed E-state index contributed by atoms with van der Waals surface area (Å²) in [5, 5.41) is 0. The van der Waals surface area contributed by atoms with Gasteiger partial charge in [0.1, 0.15) is 10.7 Å². The number of amides is 2. The van der Waals surface area contributed by atoms with E-state index in [2.05, 4.69) is 0 Å². The molecular weight excluding hydrogens is 352 g/mol. The van der Waals surface area contributed by atoms with Crippen molar-refractivity contribution in [3.05, 3.63) is 59.7 Å². The zero-order chi connectivity index (χ0) is 18.5. The summed E-state index contributed by atoms with van der Waals surface area (Å²) in [4.78, 5) is 25.2. The Kier molecular flexibility index (Phi) is 3.84. The van der Waals surface area contributed by atoms with Crippen molar-refractivity contribution in [2.45, 2.75) is 30.2 Å². The fourth-order valence-corrected chi connectivity index (χ4v) is 4.99. The van der Waals surface area contributed by atoms with Crippen LogP contribution in [0.3, 0.4) is 0 Å². The Bertz CT molecular complexity index is 990. The zero-order valence-corrected chi connectivity index (χ0v) is 15.1. The molecule has 26 heavy (non-hydrogen) atoms. The molecule has 0 spiro atoms. The number of urea groups is 1. The van der Waals surface area contributed by atoms with Crippen LogP contribution in [0.15, 0.2) is 53.4 Å². The lowest BCUT2D eigenvalue weighted by Gasteiger charge is -2.34. The molecule has 4 rings (SSSR count). The van der Waals surface area contributed by atoms with Crippen molar-refractivity contribution in [3.8, 4) is 0 Å². The van der Waals surface area contributed by atoms with E-state index in [0.717, 1.165) is 15.4 Å². The van der Waals surface area contributed by atoms with Crippen LogP contribution in [-0.4, -0.2) is 31.6 Å². The fourth-order valence-electron chi connectivity index (χ4n) is 3.38. The first-order chi connectivity index (χ1) is 12.4. The van der Waals surface area contributed by atoms with Crippen molar-refractivity contribution in [2.24, 2.45) is 0 Å². The second kappa shape index (κ2) is 5.95. The molecule has 1 aliphatic carbocycles. The Labute approximate surface area is 152 Å². The monoisotopic (exact) mass is 370 g/mol. The second-order valence-electron chi connectivity index (χ2n) is 6.71. The largest absolute Gasteiger partial charge is 0.338 e. The molecule has 1 aliphatic heterocycles. The number of Topliss-reactive ketones (excluding diaryl/α,β-unsaturated/α-hetero) is 1. The number of fused-ring (bicyclic) bond motifs is 1. The van der Waals surface area contributed by atoms with Gasteiger partial charge in [0.2, 0.25) is 0 Å². The molecule has 0 N–H and O–H groups in total. The van der Waals surface area contributed by atoms with Crippen molar-refractivity contribution >= 4 is 27.5 Å². The molecule has 1 saturated carbocycles. The lowest BCUT2D eigenvalue weighted by atomic mass is 9.79. The van der Waals surface area contributed by atoms with Crippen molar-refractivity contribution in [1.29, 1.82) is 0 Å². The molecule has 7 heteroatoms. The third kappa shape index (κ3) is 2.59. The van der Waals surface area contributed by atoms with Crippen LogP contribution in [0.4, 0.5) is 10.5 Å². The van der Waals surface area contributed by atoms with Gasteiger partial charge in [-0.25, -0.2) is 17.5 Å². The molecule has 0 atom stereocenters. The smallest absolute Gasteiger partial charge is 0.300 e. The van der Waals surface area contributed by atoms with E-state index in [0.29, 0.717) is 18.5 Å². The van der Waals surface area contributed by atoms with Crippen LogP contribution in [0.1, 0.15) is 29.9 Å². The van der Waals surface area contributed by atoms with Crippen molar-refractivity contribution in [1.82, 2.24) is 4.31 Å². The quantitative estimate of drug-likeness (QED) is 0.833. The molecule has 134 valence electrons. The first kappa shape index (κ1) is 16.8. The normalized spacial score (nSPS) is 19.3. The molecule has 6 nitrogen and oxygen atoms in total. The van der Waals surface area contributed by atoms with Gasteiger partial charge in [-0.05, 0) is 29.2 Å². The number of sulfonamides is 1. The van der Waals surface area contributed by atoms with Gasteiger partial charge in [0, 0.05) is 19.9 Å². The predicted molar refractivity (Wildman–Crippen MR) is 96.4 cm³/mol. The summed E-state index contributed by atoms with van der Waals surface area (Å²) in [5.74, 6) is 0.528. The van der Waals surface area contributed by atoms with Crippen LogP contribution in [-0.2, 0) is 21.4 Å². The maximum absolute atomic E-state index is 12.9. The molecule has 0 bridgehead atoms. The minimum atomic E-state index is -3.89. The van der Waals surface area contributed by atoms with Crippen LogP contribution in [0, 0.1) is 0 Å². The van der Waals surface area contributed by atoms with Gasteiger partial charge in [0.15, 0.2) is 0 Å². The lowest BCUT2D eigenvalue weighted by molar-refractivity contribution is -0.124. The number of para-hydroxylation sites is 1. The van der Waals surface area contributed by atoms with E-state index in [1.165, 1.54) is 11.0 Å². The third-order valence-corrected chi connectivity index (χ3v) is 6.79. The molecule has 0 radical (unpaired) electrons. The molecule has 2 amide bonds. The number of carbonyl (C=O) groups is 2. The highest BCUT2D eigenvalue weighted by molar-refractivity contribution is 7.90. The Morgan fingerprint density at radius 2 is 1.65 bits per heavy atom. The van der Waals surface area contributed by atoms with Gasteiger partial charge in [-0.15, -0.1) is 0 Å². The number of benzene rings is 2. The Morgan fingerprint density at radius 3 is 2.31 bits per heavy atom. The summed E-state index contributed by atoms with van der Waals surface area (Å²) in [6.07, 6.45) is 1.14. The third-order valence-electron chi connectivity index (χ3n) is 5.02. The van der Waals surface area contributed by atoms with E-state index >= 15 is 0 Å². The topological polar surface area (TPSA) is 74.8 Å². The van der Waals surface area contributed by atoms with E-state index in [9.17, 15) is 18.0 Å². The maximum Gasteiger partial charge on any atom is 0.338 e. The van der Waals surface area contributed by atoms with Crippen LogP contribution in [0.5, 0.6) is 0 Å². The average molecular weight is 370 g/mol. The molecule has 2 aromatic carbocycles. The van der Waals surface area contributed by atoms with Crippen LogP contribution in [0.2, 0.25) is 0 Å². The second-order valence-corrected chi connectivity index (χ2v) is 8.54. The first-order valence-electron chi connectivity index (χ1n) is 8.38. The van der Waals surface area contributed by atoms with Gasteiger partial charge in [-0.1, -0.05) is 36.4 Å². The summed E-state index contributed by atoms with van der Waals surface area (Å²) < 4.78 is 26.6. The molecular formula is C19H18N2O4S. The van der Waals surface area contributed by atoms with E-state index in [1.54, 1.807) is 25.2 Å². The summed E-state index contributed by atoms with van der Waals surface area (Å²) in [5.41, 5.74) is 2.19. The van der Waals surface area contributed by atoms with Crippen LogP contribution >= 0.6 is 0 Å². The van der Waals surface area contributed by atoms with Gasteiger partial charge >= 0.3 is 6.03 Å². The predicted octanol–water partition coefficient (Wildman–Crippen LogP) is 2.89. The number of anilines is 1. The molecule has 1 fully saturated rings. The summed E-state index contributed by atoms with van der Waals surface area (Å²) in [6.45, 7) is -0.0241. The lowest BCUT2D eigenvalue weighted by Crippen LogP contribution is -2.48. The summed E-state index contributed by atoms with van der Waals surface area (Å²) >= 11 is 0.